The molecule has 162 valence electrons. The summed E-state index contributed by atoms with van der Waals surface area (Å²) in [6, 6.07) is 29.2. The first-order valence-electron chi connectivity index (χ1n) is 11.1. The minimum atomic E-state index is 0.610. The van der Waals surface area contributed by atoms with Crippen LogP contribution in [-0.2, 0) is 7.05 Å². The van der Waals surface area contributed by atoms with Gasteiger partial charge in [0.05, 0.1) is 17.0 Å². The van der Waals surface area contributed by atoms with Gasteiger partial charge in [-0.15, -0.1) is 0 Å². The van der Waals surface area contributed by atoms with Crippen molar-refractivity contribution in [2.75, 3.05) is 0 Å². The highest BCUT2D eigenvalue weighted by atomic mass is 32.1. The number of nitriles is 1. The van der Waals surface area contributed by atoms with Crippen LogP contribution >= 0.6 is 11.3 Å². The van der Waals surface area contributed by atoms with E-state index in [0.717, 1.165) is 49.2 Å². The third-order valence-electron chi connectivity index (χ3n) is 6.42. The Labute approximate surface area is 201 Å². The smallest absolute Gasteiger partial charge is 0.272 e. The summed E-state index contributed by atoms with van der Waals surface area (Å²) in [5, 5.41) is 15.3. The number of rotatable bonds is 3. The van der Waals surface area contributed by atoms with Gasteiger partial charge in [-0.1, -0.05) is 78.1 Å². The Morgan fingerprint density at radius 3 is 2.09 bits per heavy atom. The predicted molar refractivity (Wildman–Crippen MR) is 139 cm³/mol. The molecule has 2 aromatic heterocycles. The summed E-state index contributed by atoms with van der Waals surface area (Å²) in [6.07, 6.45) is 2.06. The minimum absolute atomic E-state index is 0.610. The molecule has 0 fully saturated rings. The Hall–Kier alpha value is -4.20. The fourth-order valence-corrected chi connectivity index (χ4v) is 5.65. The molecule has 4 heteroatoms. The second kappa shape index (κ2) is 7.98. The number of hydrogen-bond acceptors (Lipinski definition) is 3. The Kier molecular flexibility index (Phi) is 4.79. The van der Waals surface area contributed by atoms with Crippen LogP contribution in [0, 0.1) is 18.3 Å². The lowest BCUT2D eigenvalue weighted by Gasteiger charge is -2.07. The van der Waals surface area contributed by atoms with Crippen molar-refractivity contribution in [3.05, 3.63) is 102 Å². The largest absolute Gasteiger partial charge is 0.454 e. The van der Waals surface area contributed by atoms with E-state index in [9.17, 15) is 5.26 Å². The van der Waals surface area contributed by atoms with E-state index in [1.165, 1.54) is 11.1 Å². The van der Waals surface area contributed by atoms with E-state index in [2.05, 4.69) is 84.7 Å². The molecule has 0 aliphatic carbocycles. The first-order chi connectivity index (χ1) is 16.7. The molecule has 0 unspecified atom stereocenters. The number of aromatic nitrogens is 1. The summed E-state index contributed by atoms with van der Waals surface area (Å²) < 4.78 is 8.76. The Bertz CT molecular complexity index is 1720. The summed E-state index contributed by atoms with van der Waals surface area (Å²) in [7, 11) is 2.06. The molecule has 0 saturated carbocycles. The van der Waals surface area contributed by atoms with E-state index >= 15 is 0 Å². The Morgan fingerprint density at radius 2 is 1.41 bits per heavy atom. The minimum Gasteiger partial charge on any atom is -0.454 e. The van der Waals surface area contributed by atoms with E-state index in [1.807, 2.05) is 30.3 Å². The Balaban J connectivity index is 1.61. The van der Waals surface area contributed by atoms with Crippen molar-refractivity contribution in [3.63, 3.8) is 0 Å². The van der Waals surface area contributed by atoms with Crippen LogP contribution in [0.15, 0.2) is 94.9 Å². The molecule has 34 heavy (non-hydrogen) atoms. The normalized spacial score (nSPS) is 11.2. The third kappa shape index (κ3) is 3.14. The van der Waals surface area contributed by atoms with Gasteiger partial charge in [-0.2, -0.15) is 9.83 Å². The highest BCUT2D eigenvalue weighted by Crippen LogP contribution is 2.42. The maximum atomic E-state index is 9.94. The molecule has 0 N–H and O–H groups in total. The average Bonchev–Trinajstić information content (AvgIpc) is 3.47. The molecule has 0 spiro atoms. The van der Waals surface area contributed by atoms with Crippen molar-refractivity contribution in [1.82, 2.24) is 0 Å². The summed E-state index contributed by atoms with van der Waals surface area (Å²) >= 11 is 1.70. The molecular weight excluding hydrogens is 436 g/mol. The number of thiazole rings is 1. The number of aryl methyl sites for hydroxylation is 2. The number of furan rings is 1. The molecule has 0 atom stereocenters. The number of hydrogen-bond donors (Lipinski definition) is 0. The van der Waals surface area contributed by atoms with Gasteiger partial charge in [0.1, 0.15) is 18.2 Å². The summed E-state index contributed by atoms with van der Waals surface area (Å²) in [4.78, 5) is 0. The fraction of sp³-hybridized carbons (Fsp3) is 0.0667. The van der Waals surface area contributed by atoms with Gasteiger partial charge >= 0.3 is 0 Å². The molecule has 0 radical (unpaired) electrons. The molecule has 0 bridgehead atoms. The molecular formula is C30H21N2OS+. The first kappa shape index (κ1) is 20.4. The zero-order chi connectivity index (χ0) is 23.2. The van der Waals surface area contributed by atoms with Crippen LogP contribution in [0.25, 0.3) is 54.8 Å². The second-order valence-corrected chi connectivity index (χ2v) is 9.37. The molecule has 6 aromatic rings. The maximum Gasteiger partial charge on any atom is 0.272 e. The van der Waals surface area contributed by atoms with Crippen molar-refractivity contribution in [1.29, 1.82) is 5.26 Å². The summed E-state index contributed by atoms with van der Waals surface area (Å²) in [5.41, 5.74) is 8.63. The lowest BCUT2D eigenvalue weighted by Crippen LogP contribution is -2.26. The van der Waals surface area contributed by atoms with Crippen LogP contribution in [0.5, 0.6) is 0 Å². The van der Waals surface area contributed by atoms with Crippen LogP contribution in [-0.4, -0.2) is 0 Å². The molecule has 4 aromatic carbocycles. The van der Waals surface area contributed by atoms with Gasteiger partial charge in [-0.25, -0.2) is 0 Å². The average molecular weight is 458 g/mol. The zero-order valence-corrected chi connectivity index (χ0v) is 19.7. The van der Waals surface area contributed by atoms with Crippen LogP contribution < -0.4 is 4.57 Å². The number of benzene rings is 4. The van der Waals surface area contributed by atoms with Crippen molar-refractivity contribution in [3.8, 4) is 38.9 Å². The lowest BCUT2D eigenvalue weighted by atomic mass is 9.95. The first-order valence-corrected chi connectivity index (χ1v) is 12.0. The van der Waals surface area contributed by atoms with Gasteiger partial charge < -0.3 is 4.42 Å². The highest BCUT2D eigenvalue weighted by molar-refractivity contribution is 7.12. The van der Waals surface area contributed by atoms with Crippen molar-refractivity contribution in [2.45, 2.75) is 6.92 Å². The zero-order valence-electron chi connectivity index (χ0n) is 18.9. The van der Waals surface area contributed by atoms with E-state index in [4.69, 9.17) is 4.42 Å². The van der Waals surface area contributed by atoms with Gasteiger partial charge in [-0.05, 0) is 41.3 Å². The van der Waals surface area contributed by atoms with Crippen LogP contribution in [0.2, 0.25) is 0 Å². The van der Waals surface area contributed by atoms with Gasteiger partial charge in [0.2, 0.25) is 0 Å². The van der Waals surface area contributed by atoms with E-state index < -0.39 is 0 Å². The van der Waals surface area contributed by atoms with E-state index in [0.29, 0.717) is 5.56 Å². The Morgan fingerprint density at radius 1 is 0.765 bits per heavy atom. The van der Waals surface area contributed by atoms with Gasteiger partial charge in [-0.3, -0.25) is 0 Å². The highest BCUT2D eigenvalue weighted by Gasteiger charge is 2.23. The topological polar surface area (TPSA) is 40.8 Å². The standard InChI is InChI=1S/C30H21N2OS/c1-19-8-14-24-25-15-13-23(18-31)27(22-11-9-21(10-12-22)20-6-4-3-5-7-20)29(25)33-28(24)26(19)30-32(2)16-17-34-30/h3-17H,1-2H3/q+1. The number of fused-ring (bicyclic) bond motifs is 3. The van der Waals surface area contributed by atoms with Crippen molar-refractivity contribution < 1.29 is 8.98 Å². The second-order valence-electron chi connectivity index (χ2n) is 8.48. The molecule has 0 saturated heterocycles. The molecule has 3 nitrogen and oxygen atoms in total. The summed E-state index contributed by atoms with van der Waals surface area (Å²) in [5.74, 6) is 0. The van der Waals surface area contributed by atoms with E-state index in [1.54, 1.807) is 11.3 Å². The van der Waals surface area contributed by atoms with Gasteiger partial charge in [0.25, 0.3) is 5.01 Å². The molecule has 6 rings (SSSR count). The van der Waals surface area contributed by atoms with Gasteiger partial charge in [0, 0.05) is 16.3 Å². The van der Waals surface area contributed by atoms with Crippen molar-refractivity contribution >= 4 is 33.3 Å². The quantitative estimate of drug-likeness (QED) is 0.256. The summed E-state index contributed by atoms with van der Waals surface area (Å²) in [6.45, 7) is 2.12. The fourth-order valence-electron chi connectivity index (χ4n) is 4.68. The number of nitrogens with zero attached hydrogens (tertiary/aromatic N) is 2. The predicted octanol–water partition coefficient (Wildman–Crippen LogP) is 7.65. The molecule has 0 amide bonds. The lowest BCUT2D eigenvalue weighted by molar-refractivity contribution is -0.655. The monoisotopic (exact) mass is 457 g/mol. The van der Waals surface area contributed by atoms with Crippen LogP contribution in [0.1, 0.15) is 11.1 Å². The van der Waals surface area contributed by atoms with Gasteiger partial charge in [0.15, 0.2) is 11.8 Å². The molecule has 2 heterocycles. The molecule has 0 aliphatic heterocycles. The maximum absolute atomic E-state index is 9.94. The van der Waals surface area contributed by atoms with Crippen LogP contribution in [0.4, 0.5) is 0 Å². The van der Waals surface area contributed by atoms with E-state index in [-0.39, 0.29) is 0 Å². The van der Waals surface area contributed by atoms with Crippen LogP contribution in [0.3, 0.4) is 0 Å². The third-order valence-corrected chi connectivity index (χ3v) is 7.39. The van der Waals surface area contributed by atoms with Crippen molar-refractivity contribution in [2.24, 2.45) is 7.05 Å². The SMILES string of the molecule is Cc1ccc2c(oc3c(-c4ccc(-c5ccccc5)cc4)c(C#N)ccc32)c1-c1scc[n+]1C. The molecule has 0 aliphatic rings.